The molecule has 4 rings (SSSR count). The number of nitrogens with zero attached hydrogens (tertiary/aromatic N) is 5. The Bertz CT molecular complexity index is 1630. The summed E-state index contributed by atoms with van der Waals surface area (Å²) in [6, 6.07) is 3.86. The summed E-state index contributed by atoms with van der Waals surface area (Å²) in [5.74, 6) is -0.890. The van der Waals surface area contributed by atoms with Crippen LogP contribution in [0, 0.1) is 19.8 Å². The van der Waals surface area contributed by atoms with Gasteiger partial charge in [-0.25, -0.2) is 21.8 Å². The Balaban J connectivity index is 1.78. The number of aliphatic hydroxyl groups is 1. The number of sulfonamides is 2. The minimum absolute atomic E-state index is 0.0261. The van der Waals surface area contributed by atoms with E-state index in [4.69, 9.17) is 9.26 Å². The van der Waals surface area contributed by atoms with E-state index in [-0.39, 0.29) is 58.1 Å². The van der Waals surface area contributed by atoms with Crippen molar-refractivity contribution in [2.24, 2.45) is 13.0 Å². The van der Waals surface area contributed by atoms with Gasteiger partial charge in [0.1, 0.15) is 11.8 Å². The standard InChI is InChI=1S/C25H34N6O8S2/c1-15-10-31(16(2)13-32)25(33)19-8-7-9-20(28-40(34,35)24-17(3)27-39-18(24)4)23(19)38-21(15)11-30(6)41(36,37)22-12-29(5)14-26-22/h7-9,12,14-16,21,28,32H,10-11,13H2,1-6H3/t15-,16-,21-/m0/s1. The lowest BCUT2D eigenvalue weighted by Gasteiger charge is -2.38. The number of ether oxygens (including phenoxy) is 1. The van der Waals surface area contributed by atoms with E-state index in [0.717, 1.165) is 4.31 Å². The van der Waals surface area contributed by atoms with E-state index in [1.807, 2.05) is 0 Å². The first kappa shape index (κ1) is 30.5. The van der Waals surface area contributed by atoms with Crippen LogP contribution in [0.5, 0.6) is 5.75 Å². The summed E-state index contributed by atoms with van der Waals surface area (Å²) in [5, 5.41) is 13.5. The minimum Gasteiger partial charge on any atom is -0.486 e. The molecule has 1 amide bonds. The second-order valence-electron chi connectivity index (χ2n) is 10.2. The maximum atomic E-state index is 13.7. The van der Waals surface area contributed by atoms with E-state index in [1.165, 1.54) is 61.1 Å². The number of rotatable bonds is 9. The van der Waals surface area contributed by atoms with Crippen LogP contribution in [0.3, 0.4) is 0 Å². The molecule has 3 heterocycles. The van der Waals surface area contributed by atoms with Crippen LogP contribution in [0.1, 0.15) is 35.7 Å². The van der Waals surface area contributed by atoms with Gasteiger partial charge in [0, 0.05) is 32.8 Å². The Morgan fingerprint density at radius 3 is 2.54 bits per heavy atom. The second kappa shape index (κ2) is 11.4. The zero-order valence-corrected chi connectivity index (χ0v) is 25.2. The van der Waals surface area contributed by atoms with E-state index >= 15 is 0 Å². The largest absolute Gasteiger partial charge is 0.486 e. The Morgan fingerprint density at radius 2 is 1.95 bits per heavy atom. The minimum atomic E-state index is -4.22. The van der Waals surface area contributed by atoms with E-state index < -0.39 is 44.0 Å². The molecular formula is C25H34N6O8S2. The van der Waals surface area contributed by atoms with Crippen molar-refractivity contribution in [2.45, 2.75) is 49.8 Å². The Labute approximate surface area is 239 Å². The van der Waals surface area contributed by atoms with Gasteiger partial charge in [-0.2, -0.15) is 4.31 Å². The number of fused-ring (bicyclic) bond motifs is 1. The summed E-state index contributed by atoms with van der Waals surface area (Å²) < 4.78 is 69.7. The number of carbonyl (C=O) groups excluding carboxylic acids is 1. The van der Waals surface area contributed by atoms with Gasteiger partial charge in [-0.3, -0.25) is 9.52 Å². The molecule has 16 heteroatoms. The third-order valence-corrected chi connectivity index (χ3v) is 10.3. The van der Waals surface area contributed by atoms with E-state index in [2.05, 4.69) is 14.9 Å². The number of aromatic nitrogens is 3. The number of aliphatic hydroxyl groups excluding tert-OH is 1. The molecule has 41 heavy (non-hydrogen) atoms. The number of hydrogen-bond donors (Lipinski definition) is 2. The zero-order chi connectivity index (χ0) is 30.3. The average molecular weight is 611 g/mol. The van der Waals surface area contributed by atoms with E-state index in [1.54, 1.807) is 20.9 Å². The number of amides is 1. The topological polar surface area (TPSA) is 177 Å². The van der Waals surface area contributed by atoms with Gasteiger partial charge in [0.2, 0.25) is 0 Å². The Kier molecular flexibility index (Phi) is 8.50. The van der Waals surface area contributed by atoms with Crippen LogP contribution in [0.15, 0.2) is 45.2 Å². The third kappa shape index (κ3) is 5.95. The van der Waals surface area contributed by atoms with E-state index in [9.17, 15) is 26.7 Å². The maximum Gasteiger partial charge on any atom is 0.267 e. The van der Waals surface area contributed by atoms with Gasteiger partial charge in [0.25, 0.3) is 26.0 Å². The van der Waals surface area contributed by atoms with Crippen molar-refractivity contribution in [3.8, 4) is 5.75 Å². The lowest BCUT2D eigenvalue weighted by molar-refractivity contribution is 0.0389. The van der Waals surface area contributed by atoms with Crippen LogP contribution in [0.4, 0.5) is 5.69 Å². The number of hydrogen-bond acceptors (Lipinski definition) is 10. The number of benzene rings is 1. The highest BCUT2D eigenvalue weighted by molar-refractivity contribution is 7.92. The van der Waals surface area contributed by atoms with Gasteiger partial charge in [-0.1, -0.05) is 18.1 Å². The first-order valence-electron chi connectivity index (χ1n) is 12.8. The first-order chi connectivity index (χ1) is 19.2. The van der Waals surface area contributed by atoms with Crippen LogP contribution in [-0.4, -0.2) is 90.7 Å². The smallest absolute Gasteiger partial charge is 0.267 e. The van der Waals surface area contributed by atoms with Crippen LogP contribution in [0.25, 0.3) is 0 Å². The number of likely N-dealkylation sites (N-methyl/N-ethyl adjacent to an activating group) is 1. The van der Waals surface area contributed by atoms with Crippen LogP contribution < -0.4 is 9.46 Å². The Morgan fingerprint density at radius 1 is 1.24 bits per heavy atom. The second-order valence-corrected chi connectivity index (χ2v) is 13.8. The molecule has 1 aliphatic heterocycles. The van der Waals surface area contributed by atoms with Crippen molar-refractivity contribution in [3.63, 3.8) is 0 Å². The summed E-state index contributed by atoms with van der Waals surface area (Å²) in [6.45, 7) is 6.13. The van der Waals surface area contributed by atoms with Gasteiger partial charge >= 0.3 is 0 Å². The predicted molar refractivity (Wildman–Crippen MR) is 147 cm³/mol. The number of nitrogens with one attached hydrogen (secondary N) is 1. The monoisotopic (exact) mass is 610 g/mol. The molecule has 2 aromatic heterocycles. The summed E-state index contributed by atoms with van der Waals surface area (Å²) >= 11 is 0. The third-order valence-electron chi connectivity index (χ3n) is 6.96. The van der Waals surface area contributed by atoms with Crippen molar-refractivity contribution < 1.29 is 36.0 Å². The Hall–Kier alpha value is -3.47. The average Bonchev–Trinajstić information content (AvgIpc) is 3.50. The highest BCUT2D eigenvalue weighted by atomic mass is 32.2. The van der Waals surface area contributed by atoms with Gasteiger partial charge in [-0.05, 0) is 32.9 Å². The van der Waals surface area contributed by atoms with Gasteiger partial charge in [0.05, 0.1) is 36.8 Å². The van der Waals surface area contributed by atoms with Gasteiger partial charge in [0.15, 0.2) is 21.4 Å². The summed E-state index contributed by atoms with van der Waals surface area (Å²) in [5.41, 5.74) is 0.180. The molecule has 0 spiro atoms. The SMILES string of the molecule is Cc1noc(C)c1S(=O)(=O)Nc1cccc2c1O[C@@H](CN(C)S(=O)(=O)c1cn(C)cn1)[C@@H](C)CN([C@@H](C)CO)C2=O. The zero-order valence-electron chi connectivity index (χ0n) is 23.6. The summed E-state index contributed by atoms with van der Waals surface area (Å²) in [4.78, 5) is 19.0. The molecule has 1 aliphatic rings. The number of carbonyl (C=O) groups is 1. The fourth-order valence-electron chi connectivity index (χ4n) is 4.63. The number of anilines is 1. The van der Waals surface area contributed by atoms with Crippen molar-refractivity contribution in [3.05, 3.63) is 47.7 Å². The molecular weight excluding hydrogens is 576 g/mol. The van der Waals surface area contributed by atoms with Gasteiger partial charge in [-0.15, -0.1) is 0 Å². The summed E-state index contributed by atoms with van der Waals surface area (Å²) in [7, 11) is -5.16. The maximum absolute atomic E-state index is 13.7. The highest BCUT2D eigenvalue weighted by Crippen LogP contribution is 2.37. The van der Waals surface area contributed by atoms with Crippen molar-refractivity contribution in [1.82, 2.24) is 23.9 Å². The van der Waals surface area contributed by atoms with Crippen LogP contribution in [-0.2, 0) is 27.1 Å². The van der Waals surface area contributed by atoms with Crippen LogP contribution >= 0.6 is 0 Å². The molecule has 0 saturated heterocycles. The highest BCUT2D eigenvalue weighted by Gasteiger charge is 2.37. The predicted octanol–water partition coefficient (Wildman–Crippen LogP) is 1.37. The molecule has 14 nitrogen and oxygen atoms in total. The molecule has 0 aliphatic carbocycles. The lowest BCUT2D eigenvalue weighted by atomic mass is 9.99. The summed E-state index contributed by atoms with van der Waals surface area (Å²) in [6.07, 6.45) is 1.93. The molecule has 0 radical (unpaired) electrons. The van der Waals surface area contributed by atoms with Gasteiger partial charge < -0.3 is 23.8 Å². The van der Waals surface area contributed by atoms with Crippen LogP contribution in [0.2, 0.25) is 0 Å². The molecule has 2 N–H and O–H groups in total. The lowest BCUT2D eigenvalue weighted by Crippen LogP contribution is -2.50. The molecule has 0 unspecified atom stereocenters. The normalized spacial score (nSPS) is 18.9. The molecule has 0 bridgehead atoms. The molecule has 3 aromatic rings. The van der Waals surface area contributed by atoms with Crippen molar-refractivity contribution >= 4 is 31.6 Å². The number of imidazole rings is 1. The van der Waals surface area contributed by atoms with Crippen molar-refractivity contribution in [1.29, 1.82) is 0 Å². The molecule has 1 aromatic carbocycles. The number of para-hydroxylation sites is 1. The quantitative estimate of drug-likeness (QED) is 0.360. The van der Waals surface area contributed by atoms with E-state index in [0.29, 0.717) is 0 Å². The van der Waals surface area contributed by atoms with Crippen molar-refractivity contribution in [2.75, 3.05) is 31.5 Å². The number of aryl methyl sites for hydroxylation is 3. The molecule has 0 fully saturated rings. The fraction of sp³-hybridized carbons (Fsp3) is 0.480. The first-order valence-corrected chi connectivity index (χ1v) is 15.7. The fourth-order valence-corrected chi connectivity index (χ4v) is 7.17. The molecule has 224 valence electrons. The molecule has 3 atom stereocenters. The molecule has 0 saturated carbocycles.